The number of halogens is 1. The van der Waals surface area contributed by atoms with Crippen molar-refractivity contribution in [2.45, 2.75) is 13.0 Å². The van der Waals surface area contributed by atoms with Gasteiger partial charge in [-0.05, 0) is 41.5 Å². The molecule has 0 bridgehead atoms. The number of hydrogen-bond donors (Lipinski definition) is 0. The van der Waals surface area contributed by atoms with Crippen LogP contribution in [0.15, 0.2) is 94.4 Å². The molecule has 0 unspecified atom stereocenters. The molecule has 6 heteroatoms. The van der Waals surface area contributed by atoms with E-state index in [4.69, 9.17) is 20.8 Å². The van der Waals surface area contributed by atoms with Crippen LogP contribution in [0.5, 0.6) is 5.75 Å². The Hall–Kier alpha value is -3.83. The molecule has 0 fully saturated rings. The van der Waals surface area contributed by atoms with Crippen LogP contribution in [-0.4, -0.2) is 16.7 Å². The molecule has 5 nitrogen and oxygen atoms in total. The van der Waals surface area contributed by atoms with Gasteiger partial charge in [0.1, 0.15) is 17.1 Å². The maximum absolute atomic E-state index is 13.4. The van der Waals surface area contributed by atoms with Crippen LogP contribution in [0.1, 0.15) is 16.9 Å². The van der Waals surface area contributed by atoms with Gasteiger partial charge >= 0.3 is 0 Å². The minimum absolute atomic E-state index is 0.149. The molecular formula is C27H21ClN2O3. The van der Waals surface area contributed by atoms with Crippen LogP contribution in [0.2, 0.25) is 5.02 Å². The van der Waals surface area contributed by atoms with E-state index >= 15 is 0 Å². The third kappa shape index (κ3) is 4.41. The molecule has 2 aromatic heterocycles. The minimum Gasteiger partial charge on any atom is -0.497 e. The number of fused-ring (bicyclic) bond motifs is 1. The molecule has 0 aliphatic heterocycles. The molecule has 0 aliphatic rings. The fraction of sp³-hybridized carbons (Fsp3) is 0.111. The zero-order chi connectivity index (χ0) is 22.8. The van der Waals surface area contributed by atoms with E-state index in [2.05, 4.69) is 4.98 Å². The number of methoxy groups -OCH3 is 1. The fourth-order valence-electron chi connectivity index (χ4n) is 3.88. The smallest absolute Gasteiger partial charge is 0.231 e. The van der Waals surface area contributed by atoms with Crippen molar-refractivity contribution < 1.29 is 9.15 Å². The van der Waals surface area contributed by atoms with Crippen LogP contribution < -0.4 is 10.2 Å². The second kappa shape index (κ2) is 8.96. The summed E-state index contributed by atoms with van der Waals surface area (Å²) in [4.78, 5) is 17.9. The lowest BCUT2D eigenvalue weighted by Gasteiger charge is -2.14. The summed E-state index contributed by atoms with van der Waals surface area (Å²) in [6, 6.07) is 23.2. The molecule has 2 heterocycles. The summed E-state index contributed by atoms with van der Waals surface area (Å²) in [6.45, 7) is 0.560. The van der Waals surface area contributed by atoms with Crippen molar-refractivity contribution in [2.75, 3.05) is 7.11 Å². The number of pyridine rings is 1. The molecule has 5 rings (SSSR count). The van der Waals surface area contributed by atoms with E-state index in [9.17, 15) is 4.79 Å². The van der Waals surface area contributed by atoms with Gasteiger partial charge in [0, 0.05) is 24.2 Å². The lowest BCUT2D eigenvalue weighted by molar-refractivity contribution is 0.415. The lowest BCUT2D eigenvalue weighted by Crippen LogP contribution is -2.13. The number of ether oxygens (including phenoxy) is 1. The molecule has 0 spiro atoms. The Morgan fingerprint density at radius 1 is 1.00 bits per heavy atom. The van der Waals surface area contributed by atoms with Crippen LogP contribution in [0.3, 0.4) is 0 Å². The quantitative estimate of drug-likeness (QED) is 0.316. The number of nitrogens with zero attached hydrogens (tertiary/aromatic N) is 2. The largest absolute Gasteiger partial charge is 0.497 e. The Kier molecular flexibility index (Phi) is 5.71. The van der Waals surface area contributed by atoms with Gasteiger partial charge in [-0.2, -0.15) is 0 Å². The molecule has 3 aromatic carbocycles. The highest BCUT2D eigenvalue weighted by Gasteiger charge is 2.16. The molecule has 0 aliphatic carbocycles. The topological polar surface area (TPSA) is 57.3 Å². The third-order valence-electron chi connectivity index (χ3n) is 5.56. The van der Waals surface area contributed by atoms with Gasteiger partial charge in [0.2, 0.25) is 11.3 Å². The lowest BCUT2D eigenvalue weighted by atomic mass is 10.1. The molecular weight excluding hydrogens is 436 g/mol. The summed E-state index contributed by atoms with van der Waals surface area (Å²) in [5, 5.41) is 1.23. The number of aromatic nitrogens is 2. The van der Waals surface area contributed by atoms with Gasteiger partial charge in [0.25, 0.3) is 0 Å². The number of rotatable bonds is 6. The van der Waals surface area contributed by atoms with Crippen molar-refractivity contribution in [3.05, 3.63) is 117 Å². The minimum atomic E-state index is -0.149. The van der Waals surface area contributed by atoms with Crippen LogP contribution in [-0.2, 0) is 13.0 Å². The number of benzene rings is 3. The zero-order valence-electron chi connectivity index (χ0n) is 18.0. The Labute approximate surface area is 195 Å². The predicted molar refractivity (Wildman–Crippen MR) is 130 cm³/mol. The van der Waals surface area contributed by atoms with Crippen LogP contribution in [0.4, 0.5) is 0 Å². The van der Waals surface area contributed by atoms with Crippen molar-refractivity contribution >= 4 is 22.5 Å². The van der Waals surface area contributed by atoms with Gasteiger partial charge in [-0.25, -0.2) is 4.98 Å². The molecule has 0 saturated carbocycles. The van der Waals surface area contributed by atoms with Crippen molar-refractivity contribution in [1.82, 2.24) is 9.55 Å². The maximum atomic E-state index is 13.4. The van der Waals surface area contributed by atoms with Crippen molar-refractivity contribution in [1.29, 1.82) is 0 Å². The molecule has 0 radical (unpaired) electrons. The van der Waals surface area contributed by atoms with Crippen LogP contribution in [0, 0.1) is 0 Å². The van der Waals surface area contributed by atoms with Crippen molar-refractivity contribution in [3.8, 4) is 17.2 Å². The maximum Gasteiger partial charge on any atom is 0.231 e. The summed E-state index contributed by atoms with van der Waals surface area (Å²) < 4.78 is 13.4. The first-order chi connectivity index (χ1) is 16.1. The van der Waals surface area contributed by atoms with E-state index in [1.165, 1.54) is 0 Å². The Balaban J connectivity index is 1.60. The second-order valence-electron chi connectivity index (χ2n) is 7.80. The van der Waals surface area contributed by atoms with E-state index < -0.39 is 0 Å². The first kappa shape index (κ1) is 21.0. The first-order valence-electron chi connectivity index (χ1n) is 10.6. The highest BCUT2D eigenvalue weighted by molar-refractivity contribution is 6.30. The summed E-state index contributed by atoms with van der Waals surface area (Å²) in [6.07, 6.45) is 4.10. The average molecular weight is 457 g/mol. The van der Waals surface area contributed by atoms with Gasteiger partial charge in [-0.3, -0.25) is 4.79 Å². The van der Waals surface area contributed by atoms with Gasteiger partial charge < -0.3 is 13.7 Å². The highest BCUT2D eigenvalue weighted by Crippen LogP contribution is 2.25. The van der Waals surface area contributed by atoms with E-state index in [1.807, 2.05) is 77.5 Å². The highest BCUT2D eigenvalue weighted by atomic mass is 35.5. The molecule has 0 atom stereocenters. The fourth-order valence-corrected chi connectivity index (χ4v) is 4.01. The summed E-state index contributed by atoms with van der Waals surface area (Å²) in [5.41, 5.74) is 3.23. The van der Waals surface area contributed by atoms with E-state index in [1.54, 1.807) is 19.4 Å². The molecule has 5 aromatic rings. The monoisotopic (exact) mass is 456 g/mol. The predicted octanol–water partition coefficient (Wildman–Crippen LogP) is 5.96. The van der Waals surface area contributed by atoms with E-state index in [0.717, 1.165) is 16.6 Å². The average Bonchev–Trinajstić information content (AvgIpc) is 3.30. The Bertz CT molecular complexity index is 1470. The molecule has 0 amide bonds. The zero-order valence-corrected chi connectivity index (χ0v) is 18.8. The third-order valence-corrected chi connectivity index (χ3v) is 5.81. The SMILES string of the molecule is COc1ccc2c(c1)c(=O)c(-c1ncc(Cc3ccccc3)o1)cn2Cc1ccc(Cl)cc1. The van der Waals surface area contributed by atoms with Gasteiger partial charge in [-0.15, -0.1) is 0 Å². The first-order valence-corrected chi connectivity index (χ1v) is 10.9. The second-order valence-corrected chi connectivity index (χ2v) is 8.24. The summed E-state index contributed by atoms with van der Waals surface area (Å²) in [5.74, 6) is 1.62. The molecule has 0 saturated heterocycles. The summed E-state index contributed by atoms with van der Waals surface area (Å²) >= 11 is 6.05. The van der Waals surface area contributed by atoms with E-state index in [-0.39, 0.29) is 5.43 Å². The van der Waals surface area contributed by atoms with Gasteiger partial charge in [0.15, 0.2) is 0 Å². The Morgan fingerprint density at radius 3 is 2.55 bits per heavy atom. The van der Waals surface area contributed by atoms with Gasteiger partial charge in [-0.1, -0.05) is 54.1 Å². The van der Waals surface area contributed by atoms with Crippen molar-refractivity contribution in [2.24, 2.45) is 0 Å². The van der Waals surface area contributed by atoms with Crippen molar-refractivity contribution in [3.63, 3.8) is 0 Å². The number of oxazole rings is 1. The van der Waals surface area contributed by atoms with Crippen LogP contribution in [0.25, 0.3) is 22.4 Å². The molecule has 33 heavy (non-hydrogen) atoms. The van der Waals surface area contributed by atoms with Crippen LogP contribution >= 0.6 is 11.6 Å². The normalized spacial score (nSPS) is 11.1. The molecule has 164 valence electrons. The molecule has 0 N–H and O–H groups in total. The summed E-state index contributed by atoms with van der Waals surface area (Å²) in [7, 11) is 1.58. The number of hydrogen-bond acceptors (Lipinski definition) is 4. The Morgan fingerprint density at radius 2 is 1.79 bits per heavy atom. The van der Waals surface area contributed by atoms with Gasteiger partial charge in [0.05, 0.1) is 24.2 Å². The standard InChI is InChI=1S/C27H21ClN2O3/c1-32-21-11-12-25-23(14-21)26(31)24(17-30(25)16-19-7-9-20(28)10-8-19)27-29-15-22(33-27)13-18-5-3-2-4-6-18/h2-12,14-15,17H,13,16H2,1H3. The van der Waals surface area contributed by atoms with E-state index in [0.29, 0.717) is 46.3 Å².